The molecule has 9 aromatic rings. The Bertz CT molecular complexity index is 3450. The van der Waals surface area contributed by atoms with Gasteiger partial charge in [-0.15, -0.1) is 11.3 Å². The number of aromatic nitrogens is 7. The Balaban J connectivity index is 0.000000157. The molecule has 0 saturated heterocycles. The zero-order chi connectivity index (χ0) is 46.5. The number of carbonyl (C=O) groups excluding carboxylic acids is 3. The Kier molecular flexibility index (Phi) is 10.9. The molecule has 67 heavy (non-hydrogen) atoms. The number of aryl methyl sites for hydroxylation is 3. The van der Waals surface area contributed by atoms with Gasteiger partial charge in [0.05, 0.1) is 57.3 Å². The molecule has 5 aromatic carbocycles. The standard InChI is InChI=1S/C28H20N4OS.C25H21N5O3/c1-15-11-13-17(14-12-15)23-22-24(32-28(29)31-23)21-19(25(22)33)9-6-10-20(21)26-16(2)30-27(34-26)18-7-4-3-5-8-18;1-3-33-19(31)13-30-12-16(11-27-30)17-5-4-6-18-20(17)23-21(24(18)32)22(28-25(26)29-23)15-9-7-14(2)8-10-15/h3-14H,1-2H3,(H2,29,31,32);4-12H,3,13H2,1-2H3,(H2,26,28,29). The molecule has 2 aliphatic carbocycles. The first-order valence-electron chi connectivity index (χ1n) is 21.5. The van der Waals surface area contributed by atoms with Crippen LogP contribution in [0, 0.1) is 20.8 Å². The monoisotopic (exact) mass is 899 g/mol. The van der Waals surface area contributed by atoms with Gasteiger partial charge in [-0.05, 0) is 33.3 Å². The predicted molar refractivity (Wildman–Crippen MR) is 260 cm³/mol. The number of nitrogens with zero attached hydrogens (tertiary/aromatic N) is 7. The second kappa shape index (κ2) is 17.1. The maximum Gasteiger partial charge on any atom is 0.327 e. The summed E-state index contributed by atoms with van der Waals surface area (Å²) in [7, 11) is 0. The predicted octanol–water partition coefficient (Wildman–Crippen LogP) is 10.0. The summed E-state index contributed by atoms with van der Waals surface area (Å²) in [6, 6.07) is 37.1. The van der Waals surface area contributed by atoms with Crippen LogP contribution in [-0.2, 0) is 16.1 Å². The molecular formula is C53H41N9O4S. The lowest BCUT2D eigenvalue weighted by atomic mass is 9.98. The number of ketones is 2. The second-order valence-electron chi connectivity index (χ2n) is 16.2. The highest BCUT2D eigenvalue weighted by Crippen LogP contribution is 2.48. The molecule has 0 aliphatic heterocycles. The lowest BCUT2D eigenvalue weighted by Crippen LogP contribution is -2.13. The Hall–Kier alpha value is -8.49. The fourth-order valence-electron chi connectivity index (χ4n) is 8.56. The summed E-state index contributed by atoms with van der Waals surface area (Å²) in [5.74, 6) is -0.341. The minimum Gasteiger partial charge on any atom is -0.465 e. The van der Waals surface area contributed by atoms with E-state index in [0.29, 0.717) is 57.2 Å². The Morgan fingerprint density at radius 1 is 0.567 bits per heavy atom. The van der Waals surface area contributed by atoms with E-state index in [0.717, 1.165) is 65.6 Å². The van der Waals surface area contributed by atoms with Gasteiger partial charge >= 0.3 is 5.97 Å². The van der Waals surface area contributed by atoms with Crippen molar-refractivity contribution in [1.29, 1.82) is 0 Å². The van der Waals surface area contributed by atoms with Crippen molar-refractivity contribution in [2.24, 2.45) is 0 Å². The summed E-state index contributed by atoms with van der Waals surface area (Å²) < 4.78 is 6.51. The quantitative estimate of drug-likeness (QED) is 0.137. The van der Waals surface area contributed by atoms with Gasteiger partial charge in [0, 0.05) is 56.3 Å². The van der Waals surface area contributed by atoms with Crippen LogP contribution in [0.5, 0.6) is 0 Å². The molecule has 0 saturated carbocycles. The summed E-state index contributed by atoms with van der Waals surface area (Å²) >= 11 is 1.62. The minimum atomic E-state index is -0.366. The normalized spacial score (nSPS) is 11.9. The second-order valence-corrected chi connectivity index (χ2v) is 17.2. The van der Waals surface area contributed by atoms with Crippen LogP contribution in [0.4, 0.5) is 11.9 Å². The van der Waals surface area contributed by atoms with Gasteiger partial charge in [0.2, 0.25) is 11.9 Å². The molecule has 4 N–H and O–H groups in total. The fourth-order valence-corrected chi connectivity index (χ4v) is 9.66. The third kappa shape index (κ3) is 7.72. The van der Waals surface area contributed by atoms with Gasteiger partial charge in [0.15, 0.2) is 11.6 Å². The Morgan fingerprint density at radius 2 is 1.07 bits per heavy atom. The fraction of sp³-hybridized carbons (Fsp3) is 0.113. The van der Waals surface area contributed by atoms with Crippen LogP contribution in [0.3, 0.4) is 0 Å². The van der Waals surface area contributed by atoms with E-state index in [1.54, 1.807) is 36.7 Å². The number of nitrogen functional groups attached to an aromatic ring is 2. The zero-order valence-electron chi connectivity index (χ0n) is 36.9. The maximum absolute atomic E-state index is 13.6. The average molecular weight is 900 g/mol. The number of hydrogen-bond donors (Lipinski definition) is 2. The molecule has 0 atom stereocenters. The third-order valence-corrected chi connectivity index (χ3v) is 12.9. The lowest BCUT2D eigenvalue weighted by Gasteiger charge is -2.10. The van der Waals surface area contributed by atoms with Gasteiger partial charge in [0.25, 0.3) is 0 Å². The SMILES string of the molecule is CCOC(=O)Cn1cc(-c2cccc3c2-c2nc(N)nc(-c4ccc(C)cc4)c2C3=O)cn1.Cc1ccc(-c2nc(N)nc3c2C(=O)c2cccc(-c4sc(-c5ccccc5)nc4C)c2-3)cc1. The molecule has 0 bridgehead atoms. The highest BCUT2D eigenvalue weighted by atomic mass is 32.1. The van der Waals surface area contributed by atoms with E-state index in [9.17, 15) is 14.4 Å². The average Bonchev–Trinajstić information content (AvgIpc) is 4.10. The number of rotatable bonds is 8. The number of anilines is 2. The van der Waals surface area contributed by atoms with E-state index in [2.05, 4.69) is 37.2 Å². The van der Waals surface area contributed by atoms with E-state index >= 15 is 0 Å². The van der Waals surface area contributed by atoms with Crippen molar-refractivity contribution in [1.82, 2.24) is 34.7 Å². The van der Waals surface area contributed by atoms with Gasteiger partial charge in [-0.3, -0.25) is 19.1 Å². The lowest BCUT2D eigenvalue weighted by molar-refractivity contribution is -0.144. The van der Waals surface area contributed by atoms with Crippen LogP contribution in [0.2, 0.25) is 0 Å². The number of thiazole rings is 1. The molecule has 0 spiro atoms. The number of ether oxygens (including phenoxy) is 1. The van der Waals surface area contributed by atoms with Crippen molar-refractivity contribution in [3.8, 4) is 77.2 Å². The number of benzene rings is 5. The minimum absolute atomic E-state index is 0.00503. The first-order valence-corrected chi connectivity index (χ1v) is 22.4. The Morgan fingerprint density at radius 3 is 1.63 bits per heavy atom. The number of esters is 1. The molecule has 11 rings (SSSR count). The molecule has 4 aromatic heterocycles. The van der Waals surface area contributed by atoms with Gasteiger partial charge in [0.1, 0.15) is 11.6 Å². The van der Waals surface area contributed by atoms with Crippen LogP contribution >= 0.6 is 11.3 Å². The summed E-state index contributed by atoms with van der Waals surface area (Å²) in [6.45, 7) is 8.09. The first-order chi connectivity index (χ1) is 32.5. The Labute approximate surface area is 389 Å². The summed E-state index contributed by atoms with van der Waals surface area (Å²) in [5.41, 5.74) is 26.4. The van der Waals surface area contributed by atoms with Crippen molar-refractivity contribution >= 4 is 40.8 Å². The van der Waals surface area contributed by atoms with E-state index in [1.165, 1.54) is 4.68 Å². The van der Waals surface area contributed by atoms with Crippen molar-refractivity contribution in [2.45, 2.75) is 34.2 Å². The van der Waals surface area contributed by atoms with Gasteiger partial charge < -0.3 is 16.2 Å². The van der Waals surface area contributed by atoms with Gasteiger partial charge in [-0.1, -0.05) is 126 Å². The van der Waals surface area contributed by atoms with Crippen molar-refractivity contribution in [3.05, 3.63) is 167 Å². The van der Waals surface area contributed by atoms with Gasteiger partial charge in [-0.25, -0.2) is 24.9 Å². The molecule has 0 unspecified atom stereocenters. The molecule has 13 nitrogen and oxygen atoms in total. The largest absolute Gasteiger partial charge is 0.465 e. The molecular weight excluding hydrogens is 859 g/mol. The molecule has 0 amide bonds. The molecule has 0 radical (unpaired) electrons. The van der Waals surface area contributed by atoms with Gasteiger partial charge in [-0.2, -0.15) is 5.10 Å². The molecule has 0 fully saturated rings. The summed E-state index contributed by atoms with van der Waals surface area (Å²) in [5, 5.41) is 5.22. The summed E-state index contributed by atoms with van der Waals surface area (Å²) in [6.07, 6.45) is 3.41. The first kappa shape index (κ1) is 42.5. The third-order valence-electron chi connectivity index (χ3n) is 11.7. The molecule has 14 heteroatoms. The molecule has 328 valence electrons. The van der Waals surface area contributed by atoms with E-state index in [4.69, 9.17) is 21.2 Å². The number of fused-ring (bicyclic) bond motifs is 6. The molecule has 2 aliphatic rings. The van der Waals surface area contributed by atoms with Crippen LogP contribution in [-0.4, -0.2) is 58.8 Å². The van der Waals surface area contributed by atoms with Crippen molar-refractivity contribution < 1.29 is 19.1 Å². The molecule has 4 heterocycles. The van der Waals surface area contributed by atoms with Crippen molar-refractivity contribution in [2.75, 3.05) is 18.1 Å². The highest BCUT2D eigenvalue weighted by Gasteiger charge is 2.36. The summed E-state index contributed by atoms with van der Waals surface area (Å²) in [4.78, 5) is 62.7. The van der Waals surface area contributed by atoms with Crippen LogP contribution in [0.25, 0.3) is 77.2 Å². The number of hydrogen-bond acceptors (Lipinski definition) is 13. The van der Waals surface area contributed by atoms with E-state index in [1.807, 2.05) is 118 Å². The number of carbonyl (C=O) groups is 3. The number of nitrogens with two attached hydrogens (primary N) is 2. The zero-order valence-corrected chi connectivity index (χ0v) is 37.7. The van der Waals surface area contributed by atoms with Crippen LogP contribution in [0.1, 0.15) is 55.6 Å². The van der Waals surface area contributed by atoms with E-state index in [-0.39, 0.29) is 36.0 Å². The van der Waals surface area contributed by atoms with E-state index < -0.39 is 0 Å². The maximum atomic E-state index is 13.6. The van der Waals surface area contributed by atoms with Crippen molar-refractivity contribution in [3.63, 3.8) is 0 Å². The smallest absolute Gasteiger partial charge is 0.327 e. The topological polar surface area (TPSA) is 195 Å². The highest BCUT2D eigenvalue weighted by molar-refractivity contribution is 7.18. The van der Waals surface area contributed by atoms with Crippen LogP contribution in [0.15, 0.2) is 128 Å². The van der Waals surface area contributed by atoms with Crippen LogP contribution < -0.4 is 11.5 Å².